The maximum Gasteiger partial charge on any atom is 0.0897 e. The third kappa shape index (κ3) is 5.17. The summed E-state index contributed by atoms with van der Waals surface area (Å²) in [5.74, 6) is 0.843. The van der Waals surface area contributed by atoms with Crippen LogP contribution < -0.4 is 5.32 Å². The van der Waals surface area contributed by atoms with Gasteiger partial charge in [0.1, 0.15) is 0 Å². The highest BCUT2D eigenvalue weighted by Gasteiger charge is 2.19. The van der Waals surface area contributed by atoms with E-state index in [-0.39, 0.29) is 0 Å². The molecule has 20 heavy (non-hydrogen) atoms. The average molecular weight is 297 g/mol. The Morgan fingerprint density at radius 3 is 2.75 bits per heavy atom. The molecule has 114 valence electrons. The number of rotatable bonds is 7. The Bertz CT molecular complexity index is 386. The SMILES string of the molecule is Cc1cscc1CNCC(O)COC1CCC(C)CC1. The minimum atomic E-state index is -0.409. The fourth-order valence-electron chi connectivity index (χ4n) is 2.64. The van der Waals surface area contributed by atoms with Crippen molar-refractivity contribution in [2.24, 2.45) is 5.92 Å². The lowest BCUT2D eigenvalue weighted by Crippen LogP contribution is -2.32. The summed E-state index contributed by atoms with van der Waals surface area (Å²) in [7, 11) is 0. The number of hydrogen-bond acceptors (Lipinski definition) is 4. The molecule has 1 aliphatic rings. The van der Waals surface area contributed by atoms with Crippen molar-refractivity contribution >= 4 is 11.3 Å². The molecule has 2 N–H and O–H groups in total. The molecular formula is C16H27NO2S. The summed E-state index contributed by atoms with van der Waals surface area (Å²) >= 11 is 1.73. The first-order valence-electron chi connectivity index (χ1n) is 7.67. The number of thiophene rings is 1. The Hall–Kier alpha value is -0.420. The second-order valence-electron chi connectivity index (χ2n) is 6.08. The number of aliphatic hydroxyl groups excluding tert-OH is 1. The van der Waals surface area contributed by atoms with Crippen molar-refractivity contribution < 1.29 is 9.84 Å². The van der Waals surface area contributed by atoms with E-state index in [4.69, 9.17) is 4.74 Å². The van der Waals surface area contributed by atoms with Gasteiger partial charge in [-0.3, -0.25) is 0 Å². The van der Waals surface area contributed by atoms with Crippen LogP contribution in [0, 0.1) is 12.8 Å². The van der Waals surface area contributed by atoms with Gasteiger partial charge in [-0.25, -0.2) is 0 Å². The van der Waals surface area contributed by atoms with Gasteiger partial charge in [0.2, 0.25) is 0 Å². The van der Waals surface area contributed by atoms with Gasteiger partial charge in [0.05, 0.1) is 18.8 Å². The van der Waals surface area contributed by atoms with Gasteiger partial charge in [-0.15, -0.1) is 0 Å². The summed E-state index contributed by atoms with van der Waals surface area (Å²) in [5, 5.41) is 17.6. The number of aryl methyl sites for hydroxylation is 1. The molecule has 0 radical (unpaired) electrons. The Morgan fingerprint density at radius 1 is 1.35 bits per heavy atom. The van der Waals surface area contributed by atoms with Crippen LogP contribution in [0.1, 0.15) is 43.7 Å². The van der Waals surface area contributed by atoms with E-state index in [1.165, 1.54) is 24.0 Å². The first-order chi connectivity index (χ1) is 9.65. The highest BCUT2D eigenvalue weighted by atomic mass is 32.1. The molecule has 0 amide bonds. The zero-order chi connectivity index (χ0) is 14.4. The Morgan fingerprint density at radius 2 is 2.10 bits per heavy atom. The van der Waals surface area contributed by atoms with Crippen molar-refractivity contribution in [1.29, 1.82) is 0 Å². The van der Waals surface area contributed by atoms with Gasteiger partial charge in [0.25, 0.3) is 0 Å². The van der Waals surface area contributed by atoms with Crippen LogP contribution in [0.25, 0.3) is 0 Å². The maximum absolute atomic E-state index is 9.94. The molecule has 1 aliphatic carbocycles. The van der Waals surface area contributed by atoms with Gasteiger partial charge < -0.3 is 15.2 Å². The molecule has 2 rings (SSSR count). The van der Waals surface area contributed by atoms with Crippen LogP contribution in [-0.2, 0) is 11.3 Å². The molecule has 1 unspecified atom stereocenters. The third-order valence-electron chi connectivity index (χ3n) is 4.14. The van der Waals surface area contributed by atoms with Crippen LogP contribution in [0.15, 0.2) is 10.8 Å². The van der Waals surface area contributed by atoms with E-state index in [0.29, 0.717) is 19.3 Å². The molecule has 1 fully saturated rings. The van der Waals surface area contributed by atoms with Crippen molar-refractivity contribution in [3.8, 4) is 0 Å². The molecule has 1 aromatic heterocycles. The van der Waals surface area contributed by atoms with E-state index in [9.17, 15) is 5.11 Å². The average Bonchev–Trinajstić information content (AvgIpc) is 2.84. The molecule has 0 aromatic carbocycles. The van der Waals surface area contributed by atoms with Gasteiger partial charge in [0.15, 0.2) is 0 Å². The summed E-state index contributed by atoms with van der Waals surface area (Å²) in [6, 6.07) is 0. The van der Waals surface area contributed by atoms with Crippen LogP contribution in [0.3, 0.4) is 0 Å². The Labute approximate surface area is 126 Å². The van der Waals surface area contributed by atoms with Crippen LogP contribution in [0.4, 0.5) is 0 Å². The second kappa shape index (κ2) is 8.13. The first kappa shape index (κ1) is 16.0. The first-order valence-corrected chi connectivity index (χ1v) is 8.61. The molecule has 1 aromatic rings. The molecule has 4 heteroatoms. The topological polar surface area (TPSA) is 41.5 Å². The van der Waals surface area contributed by atoms with Gasteiger partial charge in [0, 0.05) is 13.1 Å². The van der Waals surface area contributed by atoms with Crippen LogP contribution in [0.2, 0.25) is 0 Å². The lowest BCUT2D eigenvalue weighted by molar-refractivity contribution is -0.0278. The van der Waals surface area contributed by atoms with Crippen molar-refractivity contribution in [3.05, 3.63) is 21.9 Å². The number of nitrogens with one attached hydrogen (secondary N) is 1. The highest BCUT2D eigenvalue weighted by Crippen LogP contribution is 2.25. The van der Waals surface area contributed by atoms with Gasteiger partial charge in [-0.1, -0.05) is 6.92 Å². The van der Waals surface area contributed by atoms with E-state index >= 15 is 0 Å². The van der Waals surface area contributed by atoms with E-state index in [1.807, 2.05) is 0 Å². The van der Waals surface area contributed by atoms with Gasteiger partial charge >= 0.3 is 0 Å². The summed E-state index contributed by atoms with van der Waals surface area (Å²) in [5.41, 5.74) is 2.65. The zero-order valence-electron chi connectivity index (χ0n) is 12.6. The normalized spacial score (nSPS) is 24.8. The zero-order valence-corrected chi connectivity index (χ0v) is 13.4. The highest BCUT2D eigenvalue weighted by molar-refractivity contribution is 7.08. The molecule has 1 atom stereocenters. The monoisotopic (exact) mass is 297 g/mol. The van der Waals surface area contributed by atoms with Gasteiger partial charge in [-0.2, -0.15) is 11.3 Å². The number of hydrogen-bond donors (Lipinski definition) is 2. The predicted octanol–water partition coefficient (Wildman–Crippen LogP) is 3.10. The molecule has 1 heterocycles. The van der Waals surface area contributed by atoms with E-state index in [1.54, 1.807) is 11.3 Å². The molecular weight excluding hydrogens is 270 g/mol. The van der Waals surface area contributed by atoms with Gasteiger partial charge in [-0.05, 0) is 60.4 Å². The fourth-order valence-corrected chi connectivity index (χ4v) is 3.50. The molecule has 0 aliphatic heterocycles. The summed E-state index contributed by atoms with van der Waals surface area (Å²) < 4.78 is 5.82. The Balaban J connectivity index is 1.56. The molecule has 0 bridgehead atoms. The summed E-state index contributed by atoms with van der Waals surface area (Å²) in [6.45, 7) is 6.30. The number of aliphatic hydroxyl groups is 1. The quantitative estimate of drug-likeness (QED) is 0.812. The Kier molecular flexibility index (Phi) is 6.49. The minimum absolute atomic E-state index is 0.361. The fraction of sp³-hybridized carbons (Fsp3) is 0.750. The largest absolute Gasteiger partial charge is 0.389 e. The lowest BCUT2D eigenvalue weighted by Gasteiger charge is -2.27. The van der Waals surface area contributed by atoms with Crippen LogP contribution >= 0.6 is 11.3 Å². The van der Waals surface area contributed by atoms with Crippen molar-refractivity contribution in [2.75, 3.05) is 13.2 Å². The maximum atomic E-state index is 9.94. The molecule has 3 nitrogen and oxygen atoms in total. The molecule has 0 saturated heterocycles. The van der Waals surface area contributed by atoms with E-state index in [0.717, 1.165) is 25.3 Å². The van der Waals surface area contributed by atoms with E-state index < -0.39 is 6.10 Å². The van der Waals surface area contributed by atoms with Crippen LogP contribution in [-0.4, -0.2) is 30.5 Å². The number of ether oxygens (including phenoxy) is 1. The third-order valence-corrected chi connectivity index (χ3v) is 5.05. The van der Waals surface area contributed by atoms with Crippen LogP contribution in [0.5, 0.6) is 0 Å². The van der Waals surface area contributed by atoms with Crippen molar-refractivity contribution in [1.82, 2.24) is 5.32 Å². The summed E-state index contributed by atoms with van der Waals surface area (Å²) in [4.78, 5) is 0. The standard InChI is InChI=1S/C16H27NO2S/c1-12-3-5-16(6-4-12)19-9-15(18)8-17-7-14-11-20-10-13(14)2/h10-12,15-18H,3-9H2,1-2H3. The van der Waals surface area contributed by atoms with Crippen molar-refractivity contribution in [3.63, 3.8) is 0 Å². The lowest BCUT2D eigenvalue weighted by atomic mass is 9.89. The second-order valence-corrected chi connectivity index (χ2v) is 6.82. The van der Waals surface area contributed by atoms with E-state index in [2.05, 4.69) is 29.9 Å². The van der Waals surface area contributed by atoms with Crippen molar-refractivity contribution in [2.45, 2.75) is 58.3 Å². The smallest absolute Gasteiger partial charge is 0.0897 e. The molecule has 0 spiro atoms. The predicted molar refractivity (Wildman–Crippen MR) is 84.1 cm³/mol. The molecule has 1 saturated carbocycles. The minimum Gasteiger partial charge on any atom is -0.389 e. The summed E-state index contributed by atoms with van der Waals surface area (Å²) in [6.07, 6.45) is 4.77.